The summed E-state index contributed by atoms with van der Waals surface area (Å²) in [6.45, 7) is 2.05. The first kappa shape index (κ1) is 14.9. The number of hydrogen-bond donors (Lipinski definition) is 1. The fourth-order valence-corrected chi connectivity index (χ4v) is 2.49. The van der Waals surface area contributed by atoms with Crippen LogP contribution in [0.5, 0.6) is 0 Å². The van der Waals surface area contributed by atoms with E-state index in [0.29, 0.717) is 10.0 Å². The lowest BCUT2D eigenvalue weighted by Gasteiger charge is -2.18. The number of nitrogens with zero attached hydrogens (tertiary/aromatic N) is 2. The number of benzene rings is 1. The molecular formula is C15H17Cl2N3. The summed E-state index contributed by atoms with van der Waals surface area (Å²) in [4.78, 5) is 6.33. The summed E-state index contributed by atoms with van der Waals surface area (Å²) in [7, 11) is 3.93. The van der Waals surface area contributed by atoms with Gasteiger partial charge in [-0.3, -0.25) is 0 Å². The summed E-state index contributed by atoms with van der Waals surface area (Å²) in [6, 6.07) is 9.58. The average Bonchev–Trinajstić information content (AvgIpc) is 2.39. The number of halogens is 2. The molecule has 0 aliphatic carbocycles. The Morgan fingerprint density at radius 3 is 2.45 bits per heavy atom. The minimum Gasteiger partial charge on any atom is -0.377 e. The molecule has 0 bridgehead atoms. The molecule has 0 fully saturated rings. The van der Waals surface area contributed by atoms with Crippen molar-refractivity contribution in [1.82, 2.24) is 4.98 Å². The fourth-order valence-electron chi connectivity index (χ4n) is 1.92. The SMILES string of the molecule is CC(Nc1ccc(N(C)C)nc1)c1ccc(Cl)cc1Cl. The molecule has 0 amide bonds. The van der Waals surface area contributed by atoms with Crippen LogP contribution >= 0.6 is 23.2 Å². The summed E-state index contributed by atoms with van der Waals surface area (Å²) in [6.07, 6.45) is 1.82. The van der Waals surface area contributed by atoms with E-state index in [1.165, 1.54) is 0 Å². The zero-order chi connectivity index (χ0) is 14.7. The molecule has 0 spiro atoms. The van der Waals surface area contributed by atoms with Crippen molar-refractivity contribution in [3.05, 3.63) is 52.1 Å². The smallest absolute Gasteiger partial charge is 0.128 e. The molecule has 2 aromatic rings. The van der Waals surface area contributed by atoms with Gasteiger partial charge in [-0.15, -0.1) is 0 Å². The van der Waals surface area contributed by atoms with Crippen LogP contribution in [0.4, 0.5) is 11.5 Å². The Balaban J connectivity index is 2.12. The largest absolute Gasteiger partial charge is 0.377 e. The minimum absolute atomic E-state index is 0.0757. The summed E-state index contributed by atoms with van der Waals surface area (Å²) in [5.74, 6) is 0.924. The molecule has 0 saturated heterocycles. The second-order valence-corrected chi connectivity index (χ2v) is 5.67. The Morgan fingerprint density at radius 1 is 1.15 bits per heavy atom. The maximum absolute atomic E-state index is 6.21. The molecule has 20 heavy (non-hydrogen) atoms. The molecule has 0 saturated carbocycles. The number of hydrogen-bond acceptors (Lipinski definition) is 3. The van der Waals surface area contributed by atoms with Gasteiger partial charge in [0.1, 0.15) is 5.82 Å². The zero-order valence-electron chi connectivity index (χ0n) is 11.7. The Morgan fingerprint density at radius 2 is 1.90 bits per heavy atom. The van der Waals surface area contributed by atoms with Gasteiger partial charge < -0.3 is 10.2 Å². The molecule has 106 valence electrons. The molecule has 0 aliphatic heterocycles. The van der Waals surface area contributed by atoms with Crippen LogP contribution in [0.3, 0.4) is 0 Å². The van der Waals surface area contributed by atoms with E-state index >= 15 is 0 Å². The number of pyridine rings is 1. The van der Waals surface area contributed by atoms with Crippen LogP contribution in [0.25, 0.3) is 0 Å². The van der Waals surface area contributed by atoms with Gasteiger partial charge in [0.25, 0.3) is 0 Å². The summed E-state index contributed by atoms with van der Waals surface area (Å²) in [5, 5.41) is 4.68. The molecule has 1 aromatic carbocycles. The summed E-state index contributed by atoms with van der Waals surface area (Å²) in [5.41, 5.74) is 1.96. The molecule has 2 rings (SSSR count). The number of anilines is 2. The van der Waals surface area contributed by atoms with Crippen molar-refractivity contribution in [2.45, 2.75) is 13.0 Å². The third-order valence-corrected chi connectivity index (χ3v) is 3.58. The third kappa shape index (κ3) is 3.56. The van der Waals surface area contributed by atoms with Gasteiger partial charge in [-0.2, -0.15) is 0 Å². The van der Waals surface area contributed by atoms with Crippen molar-refractivity contribution >= 4 is 34.7 Å². The van der Waals surface area contributed by atoms with E-state index in [1.807, 2.05) is 49.5 Å². The normalized spacial score (nSPS) is 12.1. The van der Waals surface area contributed by atoms with E-state index in [0.717, 1.165) is 17.1 Å². The van der Waals surface area contributed by atoms with E-state index in [4.69, 9.17) is 23.2 Å². The van der Waals surface area contributed by atoms with Crippen LogP contribution in [0.15, 0.2) is 36.5 Å². The van der Waals surface area contributed by atoms with Crippen molar-refractivity contribution in [3.63, 3.8) is 0 Å². The van der Waals surface area contributed by atoms with Gasteiger partial charge in [0.2, 0.25) is 0 Å². The standard InChI is InChI=1S/C15H17Cl2N3/c1-10(13-6-4-11(16)8-14(13)17)19-12-5-7-15(18-9-12)20(2)3/h4-10,19H,1-3H3. The Labute approximate surface area is 129 Å². The predicted octanol–water partition coefficient (Wildman–Crippen LogP) is 4.63. The highest BCUT2D eigenvalue weighted by Gasteiger charge is 2.10. The van der Waals surface area contributed by atoms with Gasteiger partial charge in [-0.1, -0.05) is 29.3 Å². The maximum Gasteiger partial charge on any atom is 0.128 e. The number of aromatic nitrogens is 1. The van der Waals surface area contributed by atoms with Gasteiger partial charge >= 0.3 is 0 Å². The van der Waals surface area contributed by atoms with Crippen molar-refractivity contribution in [1.29, 1.82) is 0 Å². The lowest BCUT2D eigenvalue weighted by Crippen LogP contribution is -2.11. The Bertz CT molecular complexity index is 582. The summed E-state index contributed by atoms with van der Waals surface area (Å²) < 4.78 is 0. The lowest BCUT2D eigenvalue weighted by atomic mass is 10.1. The molecule has 1 heterocycles. The highest BCUT2D eigenvalue weighted by atomic mass is 35.5. The van der Waals surface area contributed by atoms with Crippen LogP contribution in [0.1, 0.15) is 18.5 Å². The molecule has 5 heteroatoms. The summed E-state index contributed by atoms with van der Waals surface area (Å²) >= 11 is 12.1. The van der Waals surface area contributed by atoms with Crippen LogP contribution in [0.2, 0.25) is 10.0 Å². The van der Waals surface area contributed by atoms with Crippen LogP contribution in [0, 0.1) is 0 Å². The molecule has 3 nitrogen and oxygen atoms in total. The van der Waals surface area contributed by atoms with Crippen LogP contribution < -0.4 is 10.2 Å². The second kappa shape index (κ2) is 6.33. The molecule has 1 atom stereocenters. The monoisotopic (exact) mass is 309 g/mol. The van der Waals surface area contributed by atoms with Gasteiger partial charge in [-0.25, -0.2) is 4.98 Å². The number of rotatable bonds is 4. The topological polar surface area (TPSA) is 28.2 Å². The molecule has 0 radical (unpaired) electrons. The van der Waals surface area contributed by atoms with E-state index in [2.05, 4.69) is 17.2 Å². The number of nitrogens with one attached hydrogen (secondary N) is 1. The molecule has 1 N–H and O–H groups in total. The van der Waals surface area contributed by atoms with Gasteiger partial charge in [0, 0.05) is 24.1 Å². The van der Waals surface area contributed by atoms with Crippen molar-refractivity contribution in [3.8, 4) is 0 Å². The molecule has 0 aliphatic rings. The van der Waals surface area contributed by atoms with Gasteiger partial charge in [0.05, 0.1) is 17.9 Å². The third-order valence-electron chi connectivity index (χ3n) is 3.02. The van der Waals surface area contributed by atoms with Crippen LogP contribution in [-0.2, 0) is 0 Å². The first-order valence-electron chi connectivity index (χ1n) is 6.32. The van der Waals surface area contributed by atoms with E-state index < -0.39 is 0 Å². The average molecular weight is 310 g/mol. The maximum atomic E-state index is 6.21. The lowest BCUT2D eigenvalue weighted by molar-refractivity contribution is 0.882. The van der Waals surface area contributed by atoms with E-state index in [-0.39, 0.29) is 6.04 Å². The molecule has 1 aromatic heterocycles. The highest BCUT2D eigenvalue weighted by molar-refractivity contribution is 6.35. The first-order chi connectivity index (χ1) is 9.47. The molecule has 1 unspecified atom stereocenters. The predicted molar refractivity (Wildman–Crippen MR) is 87.1 cm³/mol. The minimum atomic E-state index is 0.0757. The van der Waals surface area contributed by atoms with Crippen molar-refractivity contribution < 1.29 is 0 Å². The first-order valence-corrected chi connectivity index (χ1v) is 7.08. The van der Waals surface area contributed by atoms with Gasteiger partial charge in [0.15, 0.2) is 0 Å². The van der Waals surface area contributed by atoms with E-state index in [1.54, 1.807) is 6.07 Å². The fraction of sp³-hybridized carbons (Fsp3) is 0.267. The van der Waals surface area contributed by atoms with Crippen molar-refractivity contribution in [2.24, 2.45) is 0 Å². The zero-order valence-corrected chi connectivity index (χ0v) is 13.2. The molecular weight excluding hydrogens is 293 g/mol. The Kier molecular flexibility index (Phi) is 4.73. The second-order valence-electron chi connectivity index (χ2n) is 4.83. The Hall–Kier alpha value is -1.45. The highest BCUT2D eigenvalue weighted by Crippen LogP contribution is 2.28. The van der Waals surface area contributed by atoms with Crippen molar-refractivity contribution in [2.75, 3.05) is 24.3 Å². The van der Waals surface area contributed by atoms with Crippen LogP contribution in [-0.4, -0.2) is 19.1 Å². The van der Waals surface area contributed by atoms with Gasteiger partial charge in [-0.05, 0) is 36.8 Å². The van der Waals surface area contributed by atoms with E-state index in [9.17, 15) is 0 Å². The quantitative estimate of drug-likeness (QED) is 0.892.